The summed E-state index contributed by atoms with van der Waals surface area (Å²) < 4.78 is 30.5. The Bertz CT molecular complexity index is 1100. The molecule has 0 radical (unpaired) electrons. The summed E-state index contributed by atoms with van der Waals surface area (Å²) in [6.45, 7) is 3.66. The number of carbonyl (C=O) groups excluding carboxylic acids is 1. The Hall–Kier alpha value is -3.31. The van der Waals surface area contributed by atoms with Crippen molar-refractivity contribution in [2.45, 2.75) is 26.4 Å². The van der Waals surface area contributed by atoms with Crippen molar-refractivity contribution in [2.24, 2.45) is 5.73 Å². The fraction of sp³-hybridized carbons (Fsp3) is 0.217. The number of ether oxygens (including phenoxy) is 3. The lowest BCUT2D eigenvalue weighted by Crippen LogP contribution is -2.25. The normalized spacial score (nSPS) is 15.9. The maximum atomic E-state index is 13.5. The summed E-state index contributed by atoms with van der Waals surface area (Å²) in [4.78, 5) is 12.6. The zero-order valence-electron chi connectivity index (χ0n) is 16.9. The smallest absolute Gasteiger partial charge is 0.338 e. The van der Waals surface area contributed by atoms with Crippen LogP contribution in [0.4, 0.5) is 4.39 Å². The fourth-order valence-electron chi connectivity index (χ4n) is 3.26. The summed E-state index contributed by atoms with van der Waals surface area (Å²) in [5, 5.41) is 9.62. The van der Waals surface area contributed by atoms with Crippen LogP contribution in [0.3, 0.4) is 0 Å². The molecule has 0 bridgehead atoms. The molecule has 2 aromatic carbocycles. The first-order valence-corrected chi connectivity index (χ1v) is 10.3. The molecule has 0 fully saturated rings. The summed E-state index contributed by atoms with van der Waals surface area (Å²) in [5.41, 5.74) is 7.58. The first-order chi connectivity index (χ1) is 14.8. The molecule has 3 rings (SSSR count). The van der Waals surface area contributed by atoms with Crippen molar-refractivity contribution in [3.63, 3.8) is 0 Å². The molecule has 2 N–H and O–H groups in total. The molecule has 1 aliphatic rings. The Morgan fingerprint density at radius 1 is 1.29 bits per heavy atom. The quantitative estimate of drug-likeness (QED) is 0.588. The molecule has 1 unspecified atom stereocenters. The topological polar surface area (TPSA) is 94.6 Å². The monoisotopic (exact) mass is 486 g/mol. The maximum absolute atomic E-state index is 13.5. The minimum Gasteiger partial charge on any atom is -0.489 e. The molecule has 1 atom stereocenters. The van der Waals surface area contributed by atoms with Gasteiger partial charge >= 0.3 is 5.97 Å². The van der Waals surface area contributed by atoms with Gasteiger partial charge in [-0.15, -0.1) is 0 Å². The van der Waals surface area contributed by atoms with E-state index in [1.807, 2.05) is 6.07 Å². The SMILES string of the molecule is CCOC(=O)C1=C(C)OC(N)=C(C#N)C1c1ccc(OCc2cc(F)ccc2Br)cc1. The predicted molar refractivity (Wildman–Crippen MR) is 115 cm³/mol. The number of benzene rings is 2. The molecule has 0 saturated heterocycles. The second kappa shape index (κ2) is 9.67. The van der Waals surface area contributed by atoms with Gasteiger partial charge < -0.3 is 19.9 Å². The molecule has 1 aliphatic heterocycles. The zero-order valence-corrected chi connectivity index (χ0v) is 18.5. The van der Waals surface area contributed by atoms with Crippen LogP contribution in [0.25, 0.3) is 0 Å². The van der Waals surface area contributed by atoms with Crippen molar-refractivity contribution in [2.75, 3.05) is 6.61 Å². The number of rotatable bonds is 6. The minimum absolute atomic E-state index is 0.0469. The third-order valence-corrected chi connectivity index (χ3v) is 5.49. The molecule has 0 amide bonds. The number of hydrogen-bond donors (Lipinski definition) is 1. The van der Waals surface area contributed by atoms with Crippen LogP contribution >= 0.6 is 15.9 Å². The molecule has 0 spiro atoms. The van der Waals surface area contributed by atoms with Crippen LogP contribution in [0, 0.1) is 17.1 Å². The molecule has 0 saturated carbocycles. The van der Waals surface area contributed by atoms with Gasteiger partial charge in [0.05, 0.1) is 18.1 Å². The van der Waals surface area contributed by atoms with Gasteiger partial charge in [0.15, 0.2) is 0 Å². The maximum Gasteiger partial charge on any atom is 0.338 e. The number of halogens is 2. The fourth-order valence-corrected chi connectivity index (χ4v) is 3.62. The molecule has 160 valence electrons. The summed E-state index contributed by atoms with van der Waals surface area (Å²) in [6, 6.07) is 13.3. The Morgan fingerprint density at radius 3 is 2.65 bits per heavy atom. The van der Waals surface area contributed by atoms with Gasteiger partial charge in [0.1, 0.15) is 35.6 Å². The number of nitrogens with zero attached hydrogens (tertiary/aromatic N) is 1. The van der Waals surface area contributed by atoms with Crippen molar-refractivity contribution in [1.29, 1.82) is 5.26 Å². The summed E-state index contributed by atoms with van der Waals surface area (Å²) in [5.74, 6) is -0.851. The van der Waals surface area contributed by atoms with E-state index >= 15 is 0 Å². The van der Waals surface area contributed by atoms with Gasteiger partial charge in [-0.25, -0.2) is 9.18 Å². The number of carbonyl (C=O) groups is 1. The van der Waals surface area contributed by atoms with Crippen LogP contribution in [-0.4, -0.2) is 12.6 Å². The van der Waals surface area contributed by atoms with E-state index < -0.39 is 11.9 Å². The second-order valence-electron chi connectivity index (χ2n) is 6.71. The van der Waals surface area contributed by atoms with Gasteiger partial charge in [0.25, 0.3) is 0 Å². The van der Waals surface area contributed by atoms with Crippen LogP contribution in [0.15, 0.2) is 69.7 Å². The molecule has 0 aromatic heterocycles. The zero-order chi connectivity index (χ0) is 22.5. The average Bonchev–Trinajstić information content (AvgIpc) is 2.74. The molecule has 31 heavy (non-hydrogen) atoms. The van der Waals surface area contributed by atoms with Crippen LogP contribution < -0.4 is 10.5 Å². The Morgan fingerprint density at radius 2 is 2.00 bits per heavy atom. The highest BCUT2D eigenvalue weighted by atomic mass is 79.9. The molecule has 6 nitrogen and oxygen atoms in total. The number of esters is 1. The third kappa shape index (κ3) is 4.89. The first-order valence-electron chi connectivity index (χ1n) is 9.47. The van der Waals surface area contributed by atoms with E-state index in [9.17, 15) is 14.4 Å². The highest BCUT2D eigenvalue weighted by Gasteiger charge is 2.36. The van der Waals surface area contributed by atoms with E-state index in [2.05, 4.69) is 15.9 Å². The number of nitriles is 1. The standard InChI is InChI=1S/C23H20BrFN2O4/c1-3-29-23(28)20-13(2)31-22(27)18(11-26)21(20)14-4-7-17(8-5-14)30-12-15-10-16(25)6-9-19(15)24/h4-10,21H,3,12,27H2,1-2H3. The number of allylic oxidation sites excluding steroid dienone is 2. The summed E-state index contributed by atoms with van der Waals surface area (Å²) >= 11 is 3.37. The molecular weight excluding hydrogens is 467 g/mol. The number of hydrogen-bond acceptors (Lipinski definition) is 6. The van der Waals surface area contributed by atoms with Crippen molar-refractivity contribution < 1.29 is 23.4 Å². The lowest BCUT2D eigenvalue weighted by molar-refractivity contribution is -0.139. The highest BCUT2D eigenvalue weighted by Crippen LogP contribution is 2.40. The van der Waals surface area contributed by atoms with E-state index in [1.54, 1.807) is 44.2 Å². The number of nitrogens with two attached hydrogens (primary N) is 1. The van der Waals surface area contributed by atoms with Crippen molar-refractivity contribution >= 4 is 21.9 Å². The highest BCUT2D eigenvalue weighted by molar-refractivity contribution is 9.10. The molecule has 1 heterocycles. The Labute approximate surface area is 187 Å². The Kier molecular flexibility index (Phi) is 6.98. The second-order valence-corrected chi connectivity index (χ2v) is 7.56. The lowest BCUT2D eigenvalue weighted by Gasteiger charge is -2.26. The molecular formula is C23H20BrFN2O4. The minimum atomic E-state index is -0.718. The van der Waals surface area contributed by atoms with E-state index in [4.69, 9.17) is 19.9 Å². The van der Waals surface area contributed by atoms with Gasteiger partial charge in [0, 0.05) is 10.0 Å². The van der Waals surface area contributed by atoms with E-state index in [1.165, 1.54) is 12.1 Å². The summed E-state index contributed by atoms with van der Waals surface area (Å²) in [6.07, 6.45) is 0. The van der Waals surface area contributed by atoms with E-state index in [0.29, 0.717) is 16.9 Å². The van der Waals surface area contributed by atoms with Crippen LogP contribution in [0.1, 0.15) is 30.9 Å². The van der Waals surface area contributed by atoms with Crippen molar-refractivity contribution in [3.8, 4) is 11.8 Å². The Balaban J connectivity index is 1.87. The van der Waals surface area contributed by atoms with Gasteiger partial charge in [-0.1, -0.05) is 28.1 Å². The van der Waals surface area contributed by atoms with Gasteiger partial charge in [0.2, 0.25) is 5.88 Å². The molecule has 0 aliphatic carbocycles. The lowest BCUT2D eigenvalue weighted by atomic mass is 9.83. The van der Waals surface area contributed by atoms with Gasteiger partial charge in [-0.05, 0) is 49.7 Å². The van der Waals surface area contributed by atoms with E-state index in [-0.39, 0.29) is 41.8 Å². The summed E-state index contributed by atoms with van der Waals surface area (Å²) in [7, 11) is 0. The third-order valence-electron chi connectivity index (χ3n) is 4.72. The average molecular weight is 487 g/mol. The van der Waals surface area contributed by atoms with Crippen LogP contribution in [0.2, 0.25) is 0 Å². The van der Waals surface area contributed by atoms with Crippen molar-refractivity contribution in [1.82, 2.24) is 0 Å². The first kappa shape index (κ1) is 22.4. The van der Waals surface area contributed by atoms with Gasteiger partial charge in [-0.3, -0.25) is 0 Å². The molecule has 8 heteroatoms. The van der Waals surface area contributed by atoms with Crippen LogP contribution in [0.5, 0.6) is 5.75 Å². The van der Waals surface area contributed by atoms with Gasteiger partial charge in [-0.2, -0.15) is 5.26 Å². The predicted octanol–water partition coefficient (Wildman–Crippen LogP) is 4.81. The van der Waals surface area contributed by atoms with Crippen LogP contribution in [-0.2, 0) is 20.9 Å². The largest absolute Gasteiger partial charge is 0.489 e. The molecule has 2 aromatic rings. The van der Waals surface area contributed by atoms with Crippen molar-refractivity contribution in [3.05, 3.63) is 86.7 Å². The van der Waals surface area contributed by atoms with E-state index in [0.717, 1.165) is 4.47 Å².